The third-order valence-electron chi connectivity index (χ3n) is 9.66. The van der Waals surface area contributed by atoms with Crippen LogP contribution in [0.4, 0.5) is 5.95 Å². The number of rotatable bonds is 4. The van der Waals surface area contributed by atoms with E-state index in [0.29, 0.717) is 12.1 Å². The third kappa shape index (κ3) is 6.57. The van der Waals surface area contributed by atoms with Gasteiger partial charge >= 0.3 is 0 Å². The fraction of sp³-hybridized carbons (Fsp3) is 0.514. The second kappa shape index (κ2) is 11.9. The normalized spacial score (nSPS) is 25.2. The van der Waals surface area contributed by atoms with Crippen LogP contribution in [0.5, 0.6) is 5.88 Å². The van der Waals surface area contributed by atoms with E-state index in [1.54, 1.807) is 31.1 Å². The molecule has 1 spiro atoms. The Morgan fingerprint density at radius 3 is 2.30 bits per heavy atom. The molecule has 1 atom stereocenters. The van der Waals surface area contributed by atoms with Crippen LogP contribution in [0.2, 0.25) is 0 Å². The predicted octanol–water partition coefficient (Wildman–Crippen LogP) is 5.24. The SMILES string of the molecule is Cc1cccc(C)c1-c1cc2nc(n1)NS(=O)(=O)c1cccc(n1)C(=O)N(C1CC3(CC(C(=O)N(C)C)C3)C1)[C@H](CC(C)(C)C)CO2. The van der Waals surface area contributed by atoms with Gasteiger partial charge in [0, 0.05) is 37.7 Å². The first kappa shape index (κ1) is 32.9. The molecule has 3 aromatic rings. The van der Waals surface area contributed by atoms with Crippen LogP contribution >= 0.6 is 0 Å². The number of benzene rings is 1. The largest absolute Gasteiger partial charge is 0.475 e. The number of nitrogens with zero attached hydrogens (tertiary/aromatic N) is 5. The fourth-order valence-corrected chi connectivity index (χ4v) is 8.54. The van der Waals surface area contributed by atoms with E-state index < -0.39 is 10.0 Å². The molecule has 12 heteroatoms. The van der Waals surface area contributed by atoms with Crippen molar-refractivity contribution in [2.45, 2.75) is 83.8 Å². The number of nitrogens with one attached hydrogen (secondary N) is 1. The third-order valence-corrected chi connectivity index (χ3v) is 10.9. The van der Waals surface area contributed by atoms with E-state index in [9.17, 15) is 18.0 Å². The summed E-state index contributed by atoms with van der Waals surface area (Å²) in [4.78, 5) is 44.0. The zero-order chi connectivity index (χ0) is 33.9. The zero-order valence-electron chi connectivity index (χ0n) is 28.2. The number of hydrogen-bond acceptors (Lipinski definition) is 8. The second-order valence-corrected chi connectivity index (χ2v) is 16.6. The smallest absolute Gasteiger partial charge is 0.281 e. The number of aryl methyl sites for hydroxylation is 2. The lowest BCUT2D eigenvalue weighted by atomic mass is 9.49. The Bertz CT molecular complexity index is 1800. The average Bonchev–Trinajstić information content (AvgIpc) is 2.94. The number of anilines is 1. The van der Waals surface area contributed by atoms with E-state index in [2.05, 4.69) is 40.4 Å². The Balaban J connectivity index is 1.41. The van der Waals surface area contributed by atoms with Crippen molar-refractivity contribution in [2.75, 3.05) is 25.4 Å². The Morgan fingerprint density at radius 2 is 1.66 bits per heavy atom. The minimum Gasteiger partial charge on any atom is -0.475 e. The Morgan fingerprint density at radius 1 is 1.00 bits per heavy atom. The molecule has 0 unspecified atom stereocenters. The first-order valence-electron chi connectivity index (χ1n) is 16.2. The molecule has 3 aliphatic rings. The highest BCUT2D eigenvalue weighted by atomic mass is 32.2. The minimum atomic E-state index is -4.26. The molecule has 2 aliphatic carbocycles. The summed E-state index contributed by atoms with van der Waals surface area (Å²) in [6.45, 7) is 10.5. The number of sulfonamides is 1. The van der Waals surface area contributed by atoms with Crippen molar-refractivity contribution < 1.29 is 22.7 Å². The van der Waals surface area contributed by atoms with Crippen LogP contribution in [0.3, 0.4) is 0 Å². The number of amides is 2. The van der Waals surface area contributed by atoms with Crippen molar-refractivity contribution in [3.63, 3.8) is 0 Å². The van der Waals surface area contributed by atoms with Crippen LogP contribution in [0, 0.1) is 30.6 Å². The van der Waals surface area contributed by atoms with E-state index in [4.69, 9.17) is 4.74 Å². The maximum atomic E-state index is 14.4. The number of fused-ring (bicyclic) bond motifs is 4. The van der Waals surface area contributed by atoms with Gasteiger partial charge < -0.3 is 14.5 Å². The van der Waals surface area contributed by atoms with Crippen molar-refractivity contribution in [3.05, 3.63) is 59.3 Å². The quantitative estimate of drug-likeness (QED) is 0.402. The molecule has 0 saturated heterocycles. The summed E-state index contributed by atoms with van der Waals surface area (Å²) in [5, 5.41) is -0.299. The highest BCUT2D eigenvalue weighted by Gasteiger charge is 2.57. The molecular formula is C35H44N6O5S. The summed E-state index contributed by atoms with van der Waals surface area (Å²) in [7, 11) is -0.685. The molecule has 3 heterocycles. The van der Waals surface area contributed by atoms with Gasteiger partial charge in [0.15, 0.2) is 5.03 Å². The van der Waals surface area contributed by atoms with Crippen LogP contribution in [-0.2, 0) is 14.8 Å². The van der Waals surface area contributed by atoms with Gasteiger partial charge in [0.1, 0.15) is 12.3 Å². The van der Waals surface area contributed by atoms with Crippen molar-refractivity contribution in [2.24, 2.45) is 16.7 Å². The highest BCUT2D eigenvalue weighted by Crippen LogP contribution is 2.60. The van der Waals surface area contributed by atoms with Gasteiger partial charge in [-0.3, -0.25) is 9.59 Å². The van der Waals surface area contributed by atoms with Crippen molar-refractivity contribution in [1.29, 1.82) is 0 Å². The highest BCUT2D eigenvalue weighted by molar-refractivity contribution is 7.92. The summed E-state index contributed by atoms with van der Waals surface area (Å²) >= 11 is 0. The van der Waals surface area contributed by atoms with Crippen molar-refractivity contribution in [3.8, 4) is 17.1 Å². The molecule has 4 bridgehead atoms. The van der Waals surface area contributed by atoms with Crippen LogP contribution in [0.1, 0.15) is 74.5 Å². The first-order chi connectivity index (χ1) is 22.0. The molecule has 2 fully saturated rings. The number of aromatic nitrogens is 3. The van der Waals surface area contributed by atoms with Gasteiger partial charge in [-0.05, 0) is 80.0 Å². The fourth-order valence-electron chi connectivity index (χ4n) is 7.63. The standard InChI is InChI=1S/C35H44N6O5S/c1-21-10-8-11-22(2)30(21)27-14-28-38-33(37-27)39-47(44,45)29-13-9-12-26(36-29)32(43)41(25(20-46-28)17-34(3,4)5)24-18-35(19-24)15-23(16-35)31(42)40(6)7/h8-14,23-25H,15-20H2,1-7H3,(H,37,38,39)/t23?,24?,25-,35?/m1/s1. The Hall–Kier alpha value is -4.06. The number of ether oxygens (including phenoxy) is 1. The Labute approximate surface area is 277 Å². The molecule has 11 nitrogen and oxygen atoms in total. The predicted molar refractivity (Wildman–Crippen MR) is 178 cm³/mol. The lowest BCUT2D eigenvalue weighted by molar-refractivity contribution is -0.151. The lowest BCUT2D eigenvalue weighted by Crippen LogP contribution is -2.62. The molecule has 1 aliphatic heterocycles. The summed E-state index contributed by atoms with van der Waals surface area (Å²) in [5.74, 6) is -0.116. The summed E-state index contributed by atoms with van der Waals surface area (Å²) in [6, 6.07) is 11.6. The monoisotopic (exact) mass is 660 g/mol. The summed E-state index contributed by atoms with van der Waals surface area (Å²) in [5.41, 5.74) is 3.24. The van der Waals surface area contributed by atoms with Crippen LogP contribution < -0.4 is 9.46 Å². The first-order valence-corrected chi connectivity index (χ1v) is 17.6. The molecular weight excluding hydrogens is 616 g/mol. The van der Waals surface area contributed by atoms with Gasteiger partial charge in [0.25, 0.3) is 15.9 Å². The van der Waals surface area contributed by atoms with Gasteiger partial charge in [-0.25, -0.2) is 14.7 Å². The molecule has 250 valence electrons. The maximum Gasteiger partial charge on any atom is 0.281 e. The van der Waals surface area contributed by atoms with E-state index in [1.807, 2.05) is 36.9 Å². The van der Waals surface area contributed by atoms with E-state index in [0.717, 1.165) is 42.4 Å². The van der Waals surface area contributed by atoms with Gasteiger partial charge in [0.05, 0.1) is 11.7 Å². The molecule has 2 aromatic heterocycles. The topological polar surface area (TPSA) is 135 Å². The minimum absolute atomic E-state index is 0.0134. The summed E-state index contributed by atoms with van der Waals surface area (Å²) < 4.78 is 36.1. The summed E-state index contributed by atoms with van der Waals surface area (Å²) in [6.07, 6.45) is 3.79. The van der Waals surface area contributed by atoms with Crippen LogP contribution in [0.15, 0.2) is 47.5 Å². The molecule has 1 N–H and O–H groups in total. The second-order valence-electron chi connectivity index (χ2n) is 15.0. The number of hydrogen-bond donors (Lipinski definition) is 1. The molecule has 2 amide bonds. The van der Waals surface area contributed by atoms with Gasteiger partial charge in [-0.1, -0.05) is 45.0 Å². The number of carbonyl (C=O) groups is 2. The molecule has 47 heavy (non-hydrogen) atoms. The molecule has 1 aromatic carbocycles. The molecule has 0 radical (unpaired) electrons. The number of carbonyl (C=O) groups excluding carboxylic acids is 2. The molecule has 6 rings (SSSR count). The van der Waals surface area contributed by atoms with Gasteiger partial charge in [-0.15, -0.1) is 0 Å². The average molecular weight is 661 g/mol. The van der Waals surface area contributed by atoms with Crippen LogP contribution in [0.25, 0.3) is 11.3 Å². The van der Waals surface area contributed by atoms with E-state index in [-0.39, 0.29) is 69.8 Å². The Kier molecular flexibility index (Phi) is 8.30. The van der Waals surface area contributed by atoms with Crippen molar-refractivity contribution >= 4 is 27.8 Å². The van der Waals surface area contributed by atoms with Crippen LogP contribution in [-0.4, -0.2) is 77.8 Å². The zero-order valence-corrected chi connectivity index (χ0v) is 29.0. The lowest BCUT2D eigenvalue weighted by Gasteiger charge is -2.60. The van der Waals surface area contributed by atoms with E-state index >= 15 is 0 Å². The van der Waals surface area contributed by atoms with Gasteiger partial charge in [0.2, 0.25) is 17.7 Å². The van der Waals surface area contributed by atoms with Crippen molar-refractivity contribution in [1.82, 2.24) is 24.8 Å². The van der Waals surface area contributed by atoms with Gasteiger partial charge in [-0.2, -0.15) is 13.4 Å². The van der Waals surface area contributed by atoms with E-state index in [1.165, 1.54) is 12.1 Å². The number of pyridine rings is 1. The molecule has 2 saturated carbocycles. The maximum absolute atomic E-state index is 14.4.